The third-order valence-electron chi connectivity index (χ3n) is 5.58. The summed E-state index contributed by atoms with van der Waals surface area (Å²) in [4.78, 5) is 21.4. The Labute approximate surface area is 171 Å². The van der Waals surface area contributed by atoms with E-state index in [2.05, 4.69) is 32.2 Å². The molecule has 4 rings (SSSR count). The summed E-state index contributed by atoms with van der Waals surface area (Å²) in [6.45, 7) is 3.49. The van der Waals surface area contributed by atoms with Gasteiger partial charge >= 0.3 is 0 Å². The Morgan fingerprint density at radius 1 is 1.17 bits per heavy atom. The van der Waals surface area contributed by atoms with Crippen LogP contribution in [0.4, 0.5) is 0 Å². The first kappa shape index (κ1) is 19.3. The number of pyridine rings is 1. The number of piperidine rings is 1. The van der Waals surface area contributed by atoms with Crippen LogP contribution in [0.3, 0.4) is 0 Å². The smallest absolute Gasteiger partial charge is 0.257 e. The van der Waals surface area contributed by atoms with Crippen molar-refractivity contribution in [3.8, 4) is 0 Å². The first-order chi connectivity index (χ1) is 14.2. The summed E-state index contributed by atoms with van der Waals surface area (Å²) in [5.41, 5.74) is 4.05. The minimum absolute atomic E-state index is 0.0175. The Morgan fingerprint density at radius 3 is 2.76 bits per heavy atom. The first-order valence-electron chi connectivity index (χ1n) is 10.1. The van der Waals surface area contributed by atoms with Crippen molar-refractivity contribution in [3.05, 3.63) is 83.4 Å². The van der Waals surface area contributed by atoms with Crippen LogP contribution in [0.5, 0.6) is 0 Å². The van der Waals surface area contributed by atoms with Gasteiger partial charge in [-0.05, 0) is 42.6 Å². The van der Waals surface area contributed by atoms with Gasteiger partial charge in [-0.2, -0.15) is 5.10 Å². The van der Waals surface area contributed by atoms with E-state index in [4.69, 9.17) is 0 Å². The van der Waals surface area contributed by atoms with Crippen molar-refractivity contribution in [2.75, 3.05) is 20.1 Å². The summed E-state index contributed by atoms with van der Waals surface area (Å²) >= 11 is 0. The highest BCUT2D eigenvalue weighted by Crippen LogP contribution is 2.29. The second kappa shape index (κ2) is 9.01. The fourth-order valence-electron chi connectivity index (χ4n) is 4.09. The summed E-state index contributed by atoms with van der Waals surface area (Å²) < 4.78 is 0. The van der Waals surface area contributed by atoms with Gasteiger partial charge in [-0.1, -0.05) is 30.3 Å². The van der Waals surface area contributed by atoms with Crippen molar-refractivity contribution in [1.29, 1.82) is 0 Å². The number of nitrogens with zero attached hydrogens (tertiary/aromatic N) is 4. The first-order valence-corrected chi connectivity index (χ1v) is 10.1. The number of carbonyl (C=O) groups excluding carboxylic acids is 1. The summed E-state index contributed by atoms with van der Waals surface area (Å²) in [5.74, 6) is 0.307. The zero-order valence-electron chi connectivity index (χ0n) is 16.8. The monoisotopic (exact) mass is 389 g/mol. The number of amides is 1. The highest BCUT2D eigenvalue weighted by atomic mass is 16.2. The number of hydrogen-bond acceptors (Lipinski definition) is 4. The van der Waals surface area contributed by atoms with Crippen molar-refractivity contribution in [1.82, 2.24) is 25.0 Å². The van der Waals surface area contributed by atoms with E-state index in [9.17, 15) is 4.79 Å². The van der Waals surface area contributed by atoms with E-state index in [0.717, 1.165) is 43.7 Å². The van der Waals surface area contributed by atoms with E-state index in [0.29, 0.717) is 12.1 Å². The SMILES string of the molecule is CN(Cc1ccccc1)C(=O)c1cn[nH]c1[C@@H]1CCCN(Cc2ccncc2)C1. The zero-order chi connectivity index (χ0) is 20.1. The third kappa shape index (κ3) is 4.71. The molecule has 6 nitrogen and oxygen atoms in total. The molecule has 6 heteroatoms. The number of carbonyl (C=O) groups is 1. The van der Waals surface area contributed by atoms with E-state index in [1.54, 1.807) is 11.1 Å². The summed E-state index contributed by atoms with van der Waals surface area (Å²) in [5, 5.41) is 7.34. The van der Waals surface area contributed by atoms with Gasteiger partial charge in [0.1, 0.15) is 0 Å². The van der Waals surface area contributed by atoms with Crippen molar-refractivity contribution < 1.29 is 4.79 Å². The molecule has 1 fully saturated rings. The van der Waals surface area contributed by atoms with Crippen molar-refractivity contribution in [2.45, 2.75) is 31.8 Å². The second-order valence-corrected chi connectivity index (χ2v) is 7.77. The Balaban J connectivity index is 1.44. The lowest BCUT2D eigenvalue weighted by Gasteiger charge is -2.32. The molecule has 0 radical (unpaired) electrons. The molecular formula is C23H27N5O. The molecule has 1 N–H and O–H groups in total. The number of rotatable bonds is 6. The topological polar surface area (TPSA) is 65.1 Å². The number of nitrogens with one attached hydrogen (secondary N) is 1. The molecule has 0 unspecified atom stereocenters. The Kier molecular flexibility index (Phi) is 6.00. The highest BCUT2D eigenvalue weighted by molar-refractivity contribution is 5.95. The summed E-state index contributed by atoms with van der Waals surface area (Å²) in [7, 11) is 1.85. The maximum Gasteiger partial charge on any atom is 0.257 e. The predicted octanol–water partition coefficient (Wildman–Crippen LogP) is 3.46. The molecule has 1 aliphatic rings. The van der Waals surface area contributed by atoms with E-state index in [1.165, 1.54) is 5.56 Å². The standard InChI is InChI=1S/C23H27N5O/c1-27(15-18-6-3-2-4-7-18)23(29)21-14-25-26-22(21)20-8-5-13-28(17-20)16-19-9-11-24-12-10-19/h2-4,6-7,9-12,14,20H,5,8,13,15-17H2,1H3,(H,25,26)/t20-/m1/s1. The van der Waals surface area contributed by atoms with Gasteiger partial charge in [-0.15, -0.1) is 0 Å². The van der Waals surface area contributed by atoms with E-state index in [1.807, 2.05) is 49.8 Å². The molecule has 1 aromatic carbocycles. The molecule has 0 bridgehead atoms. The summed E-state index contributed by atoms with van der Waals surface area (Å²) in [6, 6.07) is 14.2. The quantitative estimate of drug-likeness (QED) is 0.701. The van der Waals surface area contributed by atoms with Gasteiger partial charge in [0.25, 0.3) is 5.91 Å². The zero-order valence-corrected chi connectivity index (χ0v) is 16.8. The van der Waals surface area contributed by atoms with Crippen LogP contribution in [0, 0.1) is 0 Å². The lowest BCUT2D eigenvalue weighted by atomic mass is 9.92. The van der Waals surface area contributed by atoms with Crippen LogP contribution < -0.4 is 0 Å². The number of aromatic nitrogens is 3. The number of aromatic amines is 1. The molecule has 1 aliphatic heterocycles. The van der Waals surface area contributed by atoms with Gasteiger partial charge in [-0.3, -0.25) is 19.8 Å². The molecule has 0 spiro atoms. The van der Waals surface area contributed by atoms with E-state index in [-0.39, 0.29) is 11.8 Å². The number of benzene rings is 1. The van der Waals surface area contributed by atoms with E-state index >= 15 is 0 Å². The summed E-state index contributed by atoms with van der Waals surface area (Å²) in [6.07, 6.45) is 7.54. The molecule has 0 saturated carbocycles. The fourth-order valence-corrected chi connectivity index (χ4v) is 4.09. The molecule has 1 atom stereocenters. The molecule has 0 aliphatic carbocycles. The normalized spacial score (nSPS) is 17.2. The molecule has 150 valence electrons. The Hall–Kier alpha value is -2.99. The fraction of sp³-hybridized carbons (Fsp3) is 0.348. The number of likely N-dealkylation sites (tertiary alicyclic amines) is 1. The van der Waals surface area contributed by atoms with Crippen LogP contribution in [-0.4, -0.2) is 51.0 Å². The van der Waals surface area contributed by atoms with Crippen molar-refractivity contribution in [2.24, 2.45) is 0 Å². The second-order valence-electron chi connectivity index (χ2n) is 7.77. The third-order valence-corrected chi connectivity index (χ3v) is 5.58. The molecule has 2 aromatic heterocycles. The molecule has 1 amide bonds. The van der Waals surface area contributed by atoms with Crippen LogP contribution in [0.1, 0.15) is 45.9 Å². The molecule has 29 heavy (non-hydrogen) atoms. The average Bonchev–Trinajstić information content (AvgIpc) is 3.25. The lowest BCUT2D eigenvalue weighted by Crippen LogP contribution is -2.35. The van der Waals surface area contributed by atoms with Crippen LogP contribution in [0.2, 0.25) is 0 Å². The maximum atomic E-state index is 13.1. The minimum atomic E-state index is 0.0175. The molecule has 3 heterocycles. The Morgan fingerprint density at radius 2 is 1.97 bits per heavy atom. The maximum absolute atomic E-state index is 13.1. The average molecular weight is 390 g/mol. The minimum Gasteiger partial charge on any atom is -0.337 e. The largest absolute Gasteiger partial charge is 0.337 e. The number of hydrogen-bond donors (Lipinski definition) is 1. The van der Waals surface area contributed by atoms with Crippen LogP contribution in [0.25, 0.3) is 0 Å². The number of H-pyrrole nitrogens is 1. The van der Waals surface area contributed by atoms with Gasteiger partial charge in [0.05, 0.1) is 17.5 Å². The van der Waals surface area contributed by atoms with Gasteiger partial charge in [0.2, 0.25) is 0 Å². The molecule has 3 aromatic rings. The van der Waals surface area contributed by atoms with Gasteiger partial charge < -0.3 is 4.90 Å². The molecule has 1 saturated heterocycles. The lowest BCUT2D eigenvalue weighted by molar-refractivity contribution is 0.0782. The molecular weight excluding hydrogens is 362 g/mol. The van der Waals surface area contributed by atoms with Gasteiger partial charge in [0, 0.05) is 45.0 Å². The van der Waals surface area contributed by atoms with E-state index < -0.39 is 0 Å². The predicted molar refractivity (Wildman–Crippen MR) is 112 cm³/mol. The highest BCUT2D eigenvalue weighted by Gasteiger charge is 2.28. The van der Waals surface area contributed by atoms with Gasteiger partial charge in [0.15, 0.2) is 0 Å². The Bertz CT molecular complexity index is 925. The van der Waals surface area contributed by atoms with Crippen LogP contribution in [-0.2, 0) is 13.1 Å². The van der Waals surface area contributed by atoms with Crippen molar-refractivity contribution in [3.63, 3.8) is 0 Å². The van der Waals surface area contributed by atoms with Crippen LogP contribution >= 0.6 is 0 Å². The van der Waals surface area contributed by atoms with Gasteiger partial charge in [-0.25, -0.2) is 0 Å². The van der Waals surface area contributed by atoms with Crippen LogP contribution in [0.15, 0.2) is 61.1 Å². The van der Waals surface area contributed by atoms with Crippen molar-refractivity contribution >= 4 is 5.91 Å².